The summed E-state index contributed by atoms with van der Waals surface area (Å²) >= 11 is 1.66. The molecule has 0 atom stereocenters. The number of aryl methyl sites for hydroxylation is 1. The normalized spacial score (nSPS) is 10.6. The molecule has 1 heterocycles. The summed E-state index contributed by atoms with van der Waals surface area (Å²) in [6, 6.07) is 16.1. The largest absolute Gasteiger partial charge is 0.375 e. The maximum absolute atomic E-state index is 12.3. The van der Waals surface area contributed by atoms with Gasteiger partial charge in [0, 0.05) is 42.3 Å². The van der Waals surface area contributed by atoms with E-state index >= 15 is 0 Å². The number of benzene rings is 2. The van der Waals surface area contributed by atoms with Crippen molar-refractivity contribution in [1.82, 2.24) is 10.3 Å². The van der Waals surface area contributed by atoms with Crippen molar-refractivity contribution in [1.29, 1.82) is 0 Å². The van der Waals surface area contributed by atoms with Gasteiger partial charge in [-0.05, 0) is 50.1 Å². The van der Waals surface area contributed by atoms with Crippen LogP contribution in [0.15, 0.2) is 53.9 Å². The van der Waals surface area contributed by atoms with Gasteiger partial charge in [-0.15, -0.1) is 11.3 Å². The van der Waals surface area contributed by atoms with Crippen molar-refractivity contribution in [2.75, 3.05) is 25.0 Å². The fraction of sp³-hybridized carbons (Fsp3) is 0.273. The van der Waals surface area contributed by atoms with Crippen LogP contribution in [0.5, 0.6) is 0 Å². The molecule has 0 saturated heterocycles. The summed E-state index contributed by atoms with van der Waals surface area (Å²) < 4.78 is 0. The van der Waals surface area contributed by atoms with Crippen LogP contribution in [0.25, 0.3) is 11.3 Å². The van der Waals surface area contributed by atoms with Crippen LogP contribution in [-0.2, 0) is 6.42 Å². The van der Waals surface area contributed by atoms with E-state index in [9.17, 15) is 4.79 Å². The summed E-state index contributed by atoms with van der Waals surface area (Å²) in [6.07, 6.45) is 0.804. The summed E-state index contributed by atoms with van der Waals surface area (Å²) in [6.45, 7) is 5.67. The summed E-state index contributed by atoms with van der Waals surface area (Å²) in [7, 11) is 2.04. The minimum absolute atomic E-state index is 0.0322. The quantitative estimate of drug-likeness (QED) is 0.655. The average molecular weight is 380 g/mol. The molecule has 0 unspecified atom stereocenters. The lowest BCUT2D eigenvalue weighted by molar-refractivity contribution is 0.0954. The summed E-state index contributed by atoms with van der Waals surface area (Å²) in [4.78, 5) is 18.9. The predicted molar refractivity (Wildman–Crippen MR) is 114 cm³/mol. The smallest absolute Gasteiger partial charge is 0.251 e. The van der Waals surface area contributed by atoms with Crippen LogP contribution in [0, 0.1) is 6.92 Å². The Morgan fingerprint density at radius 3 is 2.41 bits per heavy atom. The third-order valence-corrected chi connectivity index (χ3v) is 5.39. The number of amides is 1. The zero-order chi connectivity index (χ0) is 19.2. The molecule has 0 bridgehead atoms. The van der Waals surface area contributed by atoms with E-state index in [1.54, 1.807) is 11.3 Å². The van der Waals surface area contributed by atoms with Crippen LogP contribution in [0.3, 0.4) is 0 Å². The zero-order valence-corrected chi connectivity index (χ0v) is 16.8. The first-order valence-electron chi connectivity index (χ1n) is 9.17. The number of anilines is 1. The van der Waals surface area contributed by atoms with Crippen LogP contribution in [0.2, 0.25) is 0 Å². The number of rotatable bonds is 7. The van der Waals surface area contributed by atoms with Crippen LogP contribution < -0.4 is 10.2 Å². The number of carbonyl (C=O) groups excluding carboxylic acids is 1. The average Bonchev–Trinajstić information content (AvgIpc) is 3.14. The minimum atomic E-state index is -0.0322. The molecule has 0 aliphatic heterocycles. The second kappa shape index (κ2) is 8.82. The Hall–Kier alpha value is -2.66. The molecule has 0 fully saturated rings. The number of hydrogen-bond donors (Lipinski definition) is 1. The van der Waals surface area contributed by atoms with Crippen molar-refractivity contribution < 1.29 is 4.79 Å². The molecule has 3 rings (SSSR count). The topological polar surface area (TPSA) is 45.2 Å². The van der Waals surface area contributed by atoms with Gasteiger partial charge in [0.05, 0.1) is 10.7 Å². The molecule has 0 spiro atoms. The van der Waals surface area contributed by atoms with Gasteiger partial charge in [0.25, 0.3) is 5.91 Å². The first-order chi connectivity index (χ1) is 13.1. The molecule has 1 amide bonds. The van der Waals surface area contributed by atoms with Crippen LogP contribution in [-0.4, -0.2) is 31.0 Å². The molecule has 1 aromatic heterocycles. The molecule has 4 nitrogen and oxygen atoms in total. The Morgan fingerprint density at radius 2 is 1.81 bits per heavy atom. The van der Waals surface area contributed by atoms with Crippen LogP contribution >= 0.6 is 11.3 Å². The van der Waals surface area contributed by atoms with E-state index in [1.807, 2.05) is 38.2 Å². The van der Waals surface area contributed by atoms with E-state index in [1.165, 1.54) is 5.56 Å². The van der Waals surface area contributed by atoms with Crippen molar-refractivity contribution in [3.63, 3.8) is 0 Å². The first-order valence-corrected chi connectivity index (χ1v) is 10.1. The highest BCUT2D eigenvalue weighted by Crippen LogP contribution is 2.21. The van der Waals surface area contributed by atoms with E-state index in [4.69, 9.17) is 0 Å². The van der Waals surface area contributed by atoms with E-state index in [0.717, 1.165) is 34.9 Å². The summed E-state index contributed by atoms with van der Waals surface area (Å²) in [5, 5.41) is 6.15. The van der Waals surface area contributed by atoms with Gasteiger partial charge in [0.1, 0.15) is 0 Å². The lowest BCUT2D eigenvalue weighted by atomic mass is 10.1. The molecule has 140 valence electrons. The van der Waals surface area contributed by atoms with Gasteiger partial charge in [-0.2, -0.15) is 0 Å². The first kappa shape index (κ1) is 19.1. The van der Waals surface area contributed by atoms with Gasteiger partial charge in [0.15, 0.2) is 0 Å². The molecule has 0 aliphatic carbocycles. The second-order valence-corrected chi connectivity index (χ2v) is 7.58. The van der Waals surface area contributed by atoms with Gasteiger partial charge in [-0.25, -0.2) is 4.98 Å². The van der Waals surface area contributed by atoms with E-state index < -0.39 is 0 Å². The Bertz CT molecular complexity index is 885. The fourth-order valence-corrected chi connectivity index (χ4v) is 3.43. The van der Waals surface area contributed by atoms with Crippen molar-refractivity contribution in [2.45, 2.75) is 20.3 Å². The SMILES string of the molecule is CCN(C)c1ccc(C(=O)NCCc2ccc(-c3csc(C)n3)cc2)cc1. The third-order valence-electron chi connectivity index (χ3n) is 4.61. The van der Waals surface area contributed by atoms with Gasteiger partial charge in [-0.3, -0.25) is 4.79 Å². The van der Waals surface area contributed by atoms with E-state index in [-0.39, 0.29) is 5.91 Å². The summed E-state index contributed by atoms with van der Waals surface area (Å²) in [5.41, 5.74) is 5.16. The fourth-order valence-electron chi connectivity index (χ4n) is 2.81. The second-order valence-electron chi connectivity index (χ2n) is 6.52. The number of hydrogen-bond acceptors (Lipinski definition) is 4. The molecule has 1 N–H and O–H groups in total. The molecular formula is C22H25N3OS. The Kier molecular flexibility index (Phi) is 6.24. The van der Waals surface area contributed by atoms with E-state index in [2.05, 4.69) is 51.8 Å². The number of nitrogens with one attached hydrogen (secondary N) is 1. The number of thiazole rings is 1. The molecule has 0 aliphatic rings. The minimum Gasteiger partial charge on any atom is -0.375 e. The van der Waals surface area contributed by atoms with Gasteiger partial charge in [-0.1, -0.05) is 24.3 Å². The predicted octanol–water partition coefficient (Wildman–Crippen LogP) is 4.55. The lowest BCUT2D eigenvalue weighted by Gasteiger charge is -2.16. The lowest BCUT2D eigenvalue weighted by Crippen LogP contribution is -2.25. The number of nitrogens with zero attached hydrogens (tertiary/aromatic N) is 2. The molecule has 0 saturated carbocycles. The Labute approximate surface area is 164 Å². The maximum atomic E-state index is 12.3. The molecule has 3 aromatic rings. The number of aromatic nitrogens is 1. The van der Waals surface area contributed by atoms with Crippen LogP contribution in [0.4, 0.5) is 5.69 Å². The van der Waals surface area contributed by atoms with Crippen molar-refractivity contribution >= 4 is 22.9 Å². The monoisotopic (exact) mass is 379 g/mol. The zero-order valence-electron chi connectivity index (χ0n) is 16.0. The third kappa shape index (κ3) is 4.95. The highest BCUT2D eigenvalue weighted by Gasteiger charge is 2.07. The Morgan fingerprint density at radius 1 is 1.11 bits per heavy atom. The Balaban J connectivity index is 1.51. The standard InChI is InChI=1S/C22H25N3OS/c1-4-25(3)20-11-9-19(10-12-20)22(26)23-14-13-17-5-7-18(8-6-17)21-15-27-16(2)24-21/h5-12,15H,4,13-14H2,1-3H3,(H,23,26). The van der Waals surface area contributed by atoms with Gasteiger partial charge in [0.2, 0.25) is 0 Å². The van der Waals surface area contributed by atoms with Gasteiger partial charge < -0.3 is 10.2 Å². The molecule has 2 aromatic carbocycles. The maximum Gasteiger partial charge on any atom is 0.251 e. The number of carbonyl (C=O) groups is 1. The van der Waals surface area contributed by atoms with Crippen molar-refractivity contribution in [2.24, 2.45) is 0 Å². The highest BCUT2D eigenvalue weighted by molar-refractivity contribution is 7.09. The molecule has 5 heteroatoms. The molecule has 0 radical (unpaired) electrons. The van der Waals surface area contributed by atoms with Crippen molar-refractivity contribution in [3.8, 4) is 11.3 Å². The highest BCUT2D eigenvalue weighted by atomic mass is 32.1. The van der Waals surface area contributed by atoms with Crippen LogP contribution in [0.1, 0.15) is 27.9 Å². The summed E-state index contributed by atoms with van der Waals surface area (Å²) in [5.74, 6) is -0.0322. The molecular weight excluding hydrogens is 354 g/mol. The van der Waals surface area contributed by atoms with Gasteiger partial charge >= 0.3 is 0 Å². The van der Waals surface area contributed by atoms with Crippen molar-refractivity contribution in [3.05, 3.63) is 70.0 Å². The van der Waals surface area contributed by atoms with E-state index in [0.29, 0.717) is 12.1 Å². The molecule has 27 heavy (non-hydrogen) atoms.